The molecule has 5 nitrogen and oxygen atoms in total. The fourth-order valence-corrected chi connectivity index (χ4v) is 2.35. The van der Waals surface area contributed by atoms with Crippen LogP contribution in [0.4, 0.5) is 0 Å². The van der Waals surface area contributed by atoms with Crippen molar-refractivity contribution in [2.45, 2.75) is 51.6 Å². The molecule has 98 valence electrons. The number of rotatable bonds is 4. The molecule has 0 bridgehead atoms. The van der Waals surface area contributed by atoms with Gasteiger partial charge >= 0.3 is 5.97 Å². The predicted molar refractivity (Wildman–Crippen MR) is 64.4 cm³/mol. The Hall–Kier alpha value is -1.10. The average Bonchev–Trinajstić information content (AvgIpc) is 2.24. The van der Waals surface area contributed by atoms with E-state index < -0.39 is 5.97 Å². The second kappa shape index (κ2) is 6.00. The van der Waals surface area contributed by atoms with E-state index in [1.165, 1.54) is 4.90 Å². The van der Waals surface area contributed by atoms with Crippen LogP contribution in [-0.4, -0.2) is 40.5 Å². The van der Waals surface area contributed by atoms with Crippen LogP contribution in [0.15, 0.2) is 0 Å². The van der Waals surface area contributed by atoms with Gasteiger partial charge < -0.3 is 15.7 Å². The van der Waals surface area contributed by atoms with E-state index in [-0.39, 0.29) is 30.5 Å². The maximum Gasteiger partial charge on any atom is 0.323 e. The highest BCUT2D eigenvalue weighted by atomic mass is 16.4. The number of carbonyl (C=O) groups is 2. The van der Waals surface area contributed by atoms with Gasteiger partial charge in [0.15, 0.2) is 0 Å². The number of amides is 1. The van der Waals surface area contributed by atoms with E-state index in [1.54, 1.807) is 0 Å². The number of aliphatic carboxylic acids is 1. The standard InChI is InChI=1S/C12H22N2O3/c1-8(2)14(7-11(15)16)12(17)9-4-3-5-10(13)6-9/h8-10H,3-7,13H2,1-2H3,(H,15,16). The van der Waals surface area contributed by atoms with Gasteiger partial charge in [-0.1, -0.05) is 6.42 Å². The summed E-state index contributed by atoms with van der Waals surface area (Å²) in [7, 11) is 0. The van der Waals surface area contributed by atoms with Gasteiger partial charge in [0.2, 0.25) is 5.91 Å². The molecular weight excluding hydrogens is 220 g/mol. The van der Waals surface area contributed by atoms with Gasteiger partial charge in [-0.15, -0.1) is 0 Å². The first kappa shape index (κ1) is 14.0. The SMILES string of the molecule is CC(C)N(CC(=O)O)C(=O)C1CCCC(N)C1. The van der Waals surface area contributed by atoms with Crippen molar-refractivity contribution in [2.75, 3.05) is 6.54 Å². The minimum atomic E-state index is -0.966. The zero-order valence-electron chi connectivity index (χ0n) is 10.6. The summed E-state index contributed by atoms with van der Waals surface area (Å²) in [5, 5.41) is 8.81. The molecule has 0 aromatic carbocycles. The molecule has 0 aliphatic heterocycles. The molecule has 1 rings (SSSR count). The average molecular weight is 242 g/mol. The first-order valence-corrected chi connectivity index (χ1v) is 6.19. The van der Waals surface area contributed by atoms with Gasteiger partial charge in [-0.3, -0.25) is 9.59 Å². The van der Waals surface area contributed by atoms with Crippen LogP contribution < -0.4 is 5.73 Å². The Balaban J connectivity index is 2.66. The van der Waals surface area contributed by atoms with Gasteiger partial charge in [0.25, 0.3) is 0 Å². The van der Waals surface area contributed by atoms with Crippen molar-refractivity contribution < 1.29 is 14.7 Å². The van der Waals surface area contributed by atoms with Crippen LogP contribution in [0.2, 0.25) is 0 Å². The molecule has 17 heavy (non-hydrogen) atoms. The third-order valence-corrected chi connectivity index (χ3v) is 3.28. The Morgan fingerprint density at radius 3 is 2.53 bits per heavy atom. The van der Waals surface area contributed by atoms with E-state index in [2.05, 4.69) is 0 Å². The summed E-state index contributed by atoms with van der Waals surface area (Å²) >= 11 is 0. The van der Waals surface area contributed by atoms with Crippen LogP contribution in [0.5, 0.6) is 0 Å². The lowest BCUT2D eigenvalue weighted by Crippen LogP contribution is -2.46. The number of nitrogens with two attached hydrogens (primary N) is 1. The maximum atomic E-state index is 12.2. The molecule has 3 N–H and O–H groups in total. The fraction of sp³-hybridized carbons (Fsp3) is 0.833. The lowest BCUT2D eigenvalue weighted by atomic mass is 9.85. The summed E-state index contributed by atoms with van der Waals surface area (Å²) in [5.41, 5.74) is 5.85. The Kier molecular flexibility index (Phi) is 4.93. The molecule has 1 saturated carbocycles. The van der Waals surface area contributed by atoms with Crippen molar-refractivity contribution in [3.63, 3.8) is 0 Å². The normalized spacial score (nSPS) is 24.7. The first-order valence-electron chi connectivity index (χ1n) is 6.19. The second-order valence-electron chi connectivity index (χ2n) is 5.08. The minimum absolute atomic E-state index is 0.0578. The van der Waals surface area contributed by atoms with E-state index in [0.717, 1.165) is 19.3 Å². The zero-order chi connectivity index (χ0) is 13.0. The Morgan fingerprint density at radius 2 is 2.06 bits per heavy atom. The minimum Gasteiger partial charge on any atom is -0.480 e. The van der Waals surface area contributed by atoms with Crippen molar-refractivity contribution >= 4 is 11.9 Å². The molecule has 0 saturated heterocycles. The molecule has 1 aliphatic rings. The largest absolute Gasteiger partial charge is 0.480 e. The van der Waals surface area contributed by atoms with E-state index in [4.69, 9.17) is 10.8 Å². The third-order valence-electron chi connectivity index (χ3n) is 3.28. The van der Waals surface area contributed by atoms with Gasteiger partial charge in [0, 0.05) is 18.0 Å². The number of hydrogen-bond donors (Lipinski definition) is 2. The molecule has 1 aliphatic carbocycles. The third kappa shape index (κ3) is 4.00. The van der Waals surface area contributed by atoms with Gasteiger partial charge in [0.1, 0.15) is 6.54 Å². The molecular formula is C12H22N2O3. The summed E-state index contributed by atoms with van der Waals surface area (Å²) in [6.45, 7) is 3.45. The number of nitrogens with zero attached hydrogens (tertiary/aromatic N) is 1. The number of carboxylic acid groups (broad SMARTS) is 1. The topological polar surface area (TPSA) is 83.6 Å². The van der Waals surface area contributed by atoms with Crippen molar-refractivity contribution in [1.82, 2.24) is 4.90 Å². The molecule has 5 heteroatoms. The monoisotopic (exact) mass is 242 g/mol. The van der Waals surface area contributed by atoms with Crippen LogP contribution in [0.1, 0.15) is 39.5 Å². The van der Waals surface area contributed by atoms with Crippen molar-refractivity contribution in [1.29, 1.82) is 0 Å². The van der Waals surface area contributed by atoms with Crippen LogP contribution in [0.25, 0.3) is 0 Å². The molecule has 2 unspecified atom stereocenters. The molecule has 1 fully saturated rings. The lowest BCUT2D eigenvalue weighted by molar-refractivity contribution is -0.148. The molecule has 0 radical (unpaired) electrons. The van der Waals surface area contributed by atoms with E-state index >= 15 is 0 Å². The van der Waals surface area contributed by atoms with Gasteiger partial charge in [-0.2, -0.15) is 0 Å². The van der Waals surface area contributed by atoms with Crippen LogP contribution in [0, 0.1) is 5.92 Å². The Labute approximate surface area is 102 Å². The van der Waals surface area contributed by atoms with E-state index in [9.17, 15) is 9.59 Å². The summed E-state index contributed by atoms with van der Waals surface area (Å²) in [6, 6.07) is -0.00621. The van der Waals surface area contributed by atoms with Crippen molar-refractivity contribution in [2.24, 2.45) is 11.7 Å². The second-order valence-corrected chi connectivity index (χ2v) is 5.08. The fourth-order valence-electron chi connectivity index (χ4n) is 2.35. The molecule has 0 spiro atoms. The maximum absolute atomic E-state index is 12.2. The highest BCUT2D eigenvalue weighted by Gasteiger charge is 2.30. The Morgan fingerprint density at radius 1 is 1.41 bits per heavy atom. The Bertz CT molecular complexity index is 291. The first-order chi connectivity index (χ1) is 7.91. The van der Waals surface area contributed by atoms with E-state index in [1.807, 2.05) is 13.8 Å². The van der Waals surface area contributed by atoms with Crippen LogP contribution in [0.3, 0.4) is 0 Å². The summed E-state index contributed by atoms with van der Waals surface area (Å²) in [4.78, 5) is 24.4. The lowest BCUT2D eigenvalue weighted by Gasteiger charge is -2.32. The summed E-state index contributed by atoms with van der Waals surface area (Å²) in [6.07, 6.45) is 3.43. The molecule has 0 aromatic heterocycles. The molecule has 1 amide bonds. The quantitative estimate of drug-likeness (QED) is 0.764. The molecule has 0 heterocycles. The highest BCUT2D eigenvalue weighted by molar-refractivity contribution is 5.83. The zero-order valence-corrected chi connectivity index (χ0v) is 10.6. The number of carboxylic acids is 1. The van der Waals surface area contributed by atoms with Gasteiger partial charge in [-0.05, 0) is 33.1 Å². The van der Waals surface area contributed by atoms with Gasteiger partial charge in [-0.25, -0.2) is 0 Å². The van der Waals surface area contributed by atoms with Crippen LogP contribution >= 0.6 is 0 Å². The summed E-state index contributed by atoms with van der Waals surface area (Å²) in [5.74, 6) is -1.12. The van der Waals surface area contributed by atoms with Crippen LogP contribution in [-0.2, 0) is 9.59 Å². The molecule has 2 atom stereocenters. The van der Waals surface area contributed by atoms with Crippen molar-refractivity contribution in [3.05, 3.63) is 0 Å². The molecule has 0 aromatic rings. The highest BCUT2D eigenvalue weighted by Crippen LogP contribution is 2.25. The number of hydrogen-bond acceptors (Lipinski definition) is 3. The summed E-state index contributed by atoms with van der Waals surface area (Å²) < 4.78 is 0. The number of carbonyl (C=O) groups excluding carboxylic acids is 1. The van der Waals surface area contributed by atoms with E-state index in [0.29, 0.717) is 6.42 Å². The van der Waals surface area contributed by atoms with Crippen molar-refractivity contribution in [3.8, 4) is 0 Å². The predicted octanol–water partition coefficient (Wildman–Crippen LogP) is 0.825. The van der Waals surface area contributed by atoms with Gasteiger partial charge in [0.05, 0.1) is 0 Å². The smallest absolute Gasteiger partial charge is 0.323 e.